The van der Waals surface area contributed by atoms with Crippen molar-refractivity contribution < 1.29 is 9.67 Å². The van der Waals surface area contributed by atoms with Crippen LogP contribution in [0.2, 0.25) is 0 Å². The van der Waals surface area contributed by atoms with E-state index in [2.05, 4.69) is 6.26 Å². The van der Waals surface area contributed by atoms with E-state index in [1.807, 2.05) is 29.1 Å². The second kappa shape index (κ2) is 4.36. The van der Waals surface area contributed by atoms with Crippen LogP contribution in [0.3, 0.4) is 0 Å². The first-order valence-electron chi connectivity index (χ1n) is 3.39. The minimum absolute atomic E-state index is 0.182. The largest absolute Gasteiger partial charge is 0.390 e. The maximum absolute atomic E-state index is 8.61. The van der Waals surface area contributed by atoms with E-state index in [0.717, 1.165) is 4.90 Å². The lowest BCUT2D eigenvalue weighted by atomic mass is 10.5. The summed E-state index contributed by atoms with van der Waals surface area (Å²) in [5.74, 6) is 0. The first kappa shape index (κ1) is 8.56. The fourth-order valence-electron chi connectivity index (χ4n) is 0.804. The minimum atomic E-state index is 0.182. The van der Waals surface area contributed by atoms with Gasteiger partial charge in [-0.25, -0.2) is 4.57 Å². The zero-order valence-corrected chi connectivity index (χ0v) is 7.05. The highest BCUT2D eigenvalue weighted by atomic mass is 32.2. The van der Waals surface area contributed by atoms with Crippen LogP contribution in [-0.4, -0.2) is 11.7 Å². The van der Waals surface area contributed by atoms with Gasteiger partial charge in [-0.05, 0) is 0 Å². The summed E-state index contributed by atoms with van der Waals surface area (Å²) >= 11 is 1.47. The number of hydrogen-bond acceptors (Lipinski definition) is 2. The maximum atomic E-state index is 8.61. The standard InChI is InChI=1S/C8H11NOS/c1-11-8-2-4-9(5-3-8)6-7-10/h2-5,10H,1,6-7H2/q+1. The van der Waals surface area contributed by atoms with Crippen LogP contribution in [-0.2, 0) is 6.54 Å². The monoisotopic (exact) mass is 169 g/mol. The summed E-state index contributed by atoms with van der Waals surface area (Å²) in [7, 11) is 0. The summed E-state index contributed by atoms with van der Waals surface area (Å²) in [6.45, 7) is 0.837. The molecule has 3 heteroatoms. The average molecular weight is 169 g/mol. The fourth-order valence-corrected chi connectivity index (χ4v) is 1.12. The number of hydrogen-bond donors (Lipinski definition) is 1. The van der Waals surface area contributed by atoms with Crippen LogP contribution in [0.15, 0.2) is 29.4 Å². The maximum Gasteiger partial charge on any atom is 0.171 e. The number of pyridine rings is 1. The number of aromatic nitrogens is 1. The number of aliphatic hydroxyl groups excluding tert-OH is 1. The molecule has 0 atom stereocenters. The molecule has 0 saturated carbocycles. The predicted molar refractivity (Wildman–Crippen MR) is 44.9 cm³/mol. The lowest BCUT2D eigenvalue weighted by Crippen LogP contribution is -2.34. The smallest absolute Gasteiger partial charge is 0.171 e. The molecule has 0 fully saturated rings. The van der Waals surface area contributed by atoms with E-state index >= 15 is 0 Å². The van der Waals surface area contributed by atoms with Crippen LogP contribution < -0.4 is 4.57 Å². The molecule has 59 valence electrons. The highest BCUT2D eigenvalue weighted by Gasteiger charge is 1.97. The van der Waals surface area contributed by atoms with Gasteiger partial charge in [-0.2, -0.15) is 0 Å². The van der Waals surface area contributed by atoms with Crippen LogP contribution >= 0.6 is 11.8 Å². The Morgan fingerprint density at radius 3 is 2.55 bits per heavy atom. The molecule has 1 aromatic heterocycles. The van der Waals surface area contributed by atoms with Crippen LogP contribution in [0.25, 0.3) is 0 Å². The highest BCUT2D eigenvalue weighted by Crippen LogP contribution is 2.12. The minimum Gasteiger partial charge on any atom is -0.390 e. The Bertz CT molecular complexity index is 210. The molecule has 1 radical (unpaired) electrons. The average Bonchev–Trinajstić information content (AvgIpc) is 2.07. The molecule has 0 amide bonds. The molecular weight excluding hydrogens is 158 g/mol. The van der Waals surface area contributed by atoms with Gasteiger partial charge < -0.3 is 5.11 Å². The molecule has 0 aliphatic heterocycles. The summed E-state index contributed by atoms with van der Waals surface area (Å²) in [6, 6.07) is 3.96. The normalized spacial score (nSPS) is 10.0. The Kier molecular flexibility index (Phi) is 3.39. The van der Waals surface area contributed by atoms with Gasteiger partial charge >= 0.3 is 0 Å². The second-order valence-corrected chi connectivity index (χ2v) is 2.90. The van der Waals surface area contributed by atoms with E-state index in [4.69, 9.17) is 5.11 Å². The van der Waals surface area contributed by atoms with Crippen molar-refractivity contribution in [3.05, 3.63) is 30.8 Å². The molecule has 0 bridgehead atoms. The highest BCUT2D eigenvalue weighted by molar-refractivity contribution is 8.00. The number of thioether (sulfide) groups is 1. The van der Waals surface area contributed by atoms with E-state index in [0.29, 0.717) is 6.54 Å². The van der Waals surface area contributed by atoms with Gasteiger partial charge in [-0.15, -0.1) is 11.8 Å². The van der Waals surface area contributed by atoms with Crippen molar-refractivity contribution in [1.82, 2.24) is 0 Å². The van der Waals surface area contributed by atoms with E-state index < -0.39 is 0 Å². The van der Waals surface area contributed by atoms with E-state index in [1.54, 1.807) is 0 Å². The summed E-state index contributed by atoms with van der Waals surface area (Å²) < 4.78 is 1.93. The van der Waals surface area contributed by atoms with Crippen molar-refractivity contribution in [2.75, 3.05) is 6.61 Å². The van der Waals surface area contributed by atoms with Gasteiger partial charge in [-0.3, -0.25) is 0 Å². The van der Waals surface area contributed by atoms with E-state index in [1.165, 1.54) is 11.8 Å². The van der Waals surface area contributed by atoms with Gasteiger partial charge in [0.2, 0.25) is 0 Å². The lowest BCUT2D eigenvalue weighted by molar-refractivity contribution is -0.698. The Labute approximate surface area is 70.9 Å². The van der Waals surface area contributed by atoms with Gasteiger partial charge in [0.15, 0.2) is 18.9 Å². The van der Waals surface area contributed by atoms with Gasteiger partial charge in [0.1, 0.15) is 6.61 Å². The number of nitrogens with zero attached hydrogens (tertiary/aromatic N) is 1. The fraction of sp³-hybridized carbons (Fsp3) is 0.250. The zero-order valence-electron chi connectivity index (χ0n) is 6.23. The van der Waals surface area contributed by atoms with Crippen molar-refractivity contribution in [3.8, 4) is 0 Å². The Morgan fingerprint density at radius 1 is 1.45 bits per heavy atom. The molecule has 11 heavy (non-hydrogen) atoms. The van der Waals surface area contributed by atoms with Crippen LogP contribution in [0.1, 0.15) is 0 Å². The third kappa shape index (κ3) is 2.52. The molecule has 1 N–H and O–H groups in total. The topological polar surface area (TPSA) is 24.1 Å². The molecule has 0 saturated heterocycles. The molecule has 0 aromatic carbocycles. The molecule has 1 heterocycles. The molecular formula is C8H11NOS+. The van der Waals surface area contributed by atoms with Crippen LogP contribution in [0.4, 0.5) is 0 Å². The Balaban J connectivity index is 2.66. The van der Waals surface area contributed by atoms with Crippen LogP contribution in [0.5, 0.6) is 0 Å². The van der Waals surface area contributed by atoms with Crippen molar-refractivity contribution in [2.45, 2.75) is 11.4 Å². The lowest BCUT2D eigenvalue weighted by Gasteiger charge is -1.94. The second-order valence-electron chi connectivity index (χ2n) is 2.14. The van der Waals surface area contributed by atoms with Gasteiger partial charge in [-0.1, -0.05) is 0 Å². The number of rotatable bonds is 3. The molecule has 0 unspecified atom stereocenters. The quantitative estimate of drug-likeness (QED) is 0.536. The first-order valence-corrected chi connectivity index (χ1v) is 4.37. The zero-order chi connectivity index (χ0) is 8.10. The van der Waals surface area contributed by atoms with Crippen molar-refractivity contribution in [3.63, 3.8) is 0 Å². The first-order chi connectivity index (χ1) is 5.36. The third-order valence-corrected chi connectivity index (χ3v) is 1.99. The summed E-state index contributed by atoms with van der Waals surface area (Å²) in [6.07, 6.45) is 7.56. The Hall–Kier alpha value is -0.540. The molecule has 1 rings (SSSR count). The van der Waals surface area contributed by atoms with E-state index in [-0.39, 0.29) is 6.61 Å². The van der Waals surface area contributed by atoms with E-state index in [9.17, 15) is 0 Å². The summed E-state index contributed by atoms with van der Waals surface area (Å²) in [5, 5.41) is 8.61. The molecule has 1 aromatic rings. The summed E-state index contributed by atoms with van der Waals surface area (Å²) in [4.78, 5) is 1.14. The third-order valence-electron chi connectivity index (χ3n) is 1.39. The molecule has 0 aliphatic carbocycles. The van der Waals surface area contributed by atoms with Crippen molar-refractivity contribution in [1.29, 1.82) is 0 Å². The van der Waals surface area contributed by atoms with Gasteiger partial charge in [0.25, 0.3) is 0 Å². The van der Waals surface area contributed by atoms with Crippen molar-refractivity contribution >= 4 is 11.8 Å². The van der Waals surface area contributed by atoms with Gasteiger partial charge in [0, 0.05) is 23.3 Å². The molecule has 2 nitrogen and oxygen atoms in total. The predicted octanol–water partition coefficient (Wildman–Crippen LogP) is 0.850. The van der Waals surface area contributed by atoms with Crippen LogP contribution in [0, 0.1) is 6.26 Å². The summed E-state index contributed by atoms with van der Waals surface area (Å²) in [5.41, 5.74) is 0. The Morgan fingerprint density at radius 2 is 2.09 bits per heavy atom. The molecule has 0 spiro atoms. The van der Waals surface area contributed by atoms with Crippen molar-refractivity contribution in [2.24, 2.45) is 0 Å². The number of aliphatic hydroxyl groups is 1. The van der Waals surface area contributed by atoms with Gasteiger partial charge in [0.05, 0.1) is 0 Å². The molecule has 0 aliphatic rings. The SMILES string of the molecule is [CH2]Sc1cc[n+](CCO)cc1.